The molecule has 0 bridgehead atoms. The van der Waals surface area contributed by atoms with Crippen molar-refractivity contribution in [3.63, 3.8) is 0 Å². The van der Waals surface area contributed by atoms with Crippen molar-refractivity contribution in [2.45, 2.75) is 13.8 Å². The predicted molar refractivity (Wildman–Crippen MR) is 75.1 cm³/mol. The van der Waals surface area contributed by atoms with Crippen LogP contribution in [-0.4, -0.2) is 0 Å². The first-order valence-corrected chi connectivity index (χ1v) is 5.72. The van der Waals surface area contributed by atoms with Crippen LogP contribution in [0.3, 0.4) is 0 Å². The Morgan fingerprint density at radius 2 is 1.72 bits per heavy atom. The molecule has 0 unspecified atom stereocenters. The van der Waals surface area contributed by atoms with Crippen molar-refractivity contribution >= 4 is 17.1 Å². The number of anilines is 2. The number of aryl methyl sites for hydroxylation is 2. The minimum atomic E-state index is 0.469. The van der Waals surface area contributed by atoms with Crippen molar-refractivity contribution < 1.29 is 0 Å². The molecule has 0 saturated carbocycles. The summed E-state index contributed by atoms with van der Waals surface area (Å²) in [7, 11) is 0. The van der Waals surface area contributed by atoms with E-state index in [9.17, 15) is 4.91 Å². The molecule has 0 saturated heterocycles. The van der Waals surface area contributed by atoms with Crippen molar-refractivity contribution in [1.82, 2.24) is 0 Å². The average Bonchev–Trinajstić information content (AvgIpc) is 2.38. The average molecular weight is 241 g/mol. The number of hydrogen-bond acceptors (Lipinski definition) is 4. The van der Waals surface area contributed by atoms with Crippen LogP contribution in [0.15, 0.2) is 47.6 Å². The van der Waals surface area contributed by atoms with Gasteiger partial charge in [-0.3, -0.25) is 0 Å². The van der Waals surface area contributed by atoms with Gasteiger partial charge in [0, 0.05) is 0 Å². The third kappa shape index (κ3) is 2.66. The lowest BCUT2D eigenvalue weighted by Gasteiger charge is -2.12. The summed E-state index contributed by atoms with van der Waals surface area (Å²) in [6.45, 7) is 3.89. The molecule has 0 radical (unpaired) electrons. The van der Waals surface area contributed by atoms with Gasteiger partial charge in [0.15, 0.2) is 0 Å². The summed E-state index contributed by atoms with van der Waals surface area (Å²) in [5.74, 6) is 0. The quantitative estimate of drug-likeness (QED) is 0.624. The van der Waals surface area contributed by atoms with Gasteiger partial charge in [-0.15, -0.1) is 4.91 Å². The van der Waals surface area contributed by atoms with E-state index in [1.165, 1.54) is 0 Å². The summed E-state index contributed by atoms with van der Waals surface area (Å²) in [5, 5.41) is 2.95. The lowest BCUT2D eigenvalue weighted by molar-refractivity contribution is 1.33. The zero-order valence-electron chi connectivity index (χ0n) is 10.4. The molecule has 0 spiro atoms. The van der Waals surface area contributed by atoms with Crippen LogP contribution in [0.25, 0.3) is 0 Å². The second kappa shape index (κ2) is 5.31. The van der Waals surface area contributed by atoms with Gasteiger partial charge in [0.25, 0.3) is 0 Å². The van der Waals surface area contributed by atoms with E-state index in [-0.39, 0.29) is 0 Å². The molecule has 0 amide bonds. The fraction of sp³-hybridized carbons (Fsp3) is 0.143. The number of nitrogens with one attached hydrogen (secondary N) is 2. The van der Waals surface area contributed by atoms with Gasteiger partial charge in [-0.2, -0.15) is 0 Å². The highest BCUT2D eigenvalue weighted by molar-refractivity contribution is 5.60. The first kappa shape index (κ1) is 12.1. The van der Waals surface area contributed by atoms with E-state index in [2.05, 4.69) is 16.0 Å². The van der Waals surface area contributed by atoms with Gasteiger partial charge in [-0.1, -0.05) is 18.2 Å². The summed E-state index contributed by atoms with van der Waals surface area (Å²) < 4.78 is 0. The van der Waals surface area contributed by atoms with Crippen molar-refractivity contribution in [3.8, 4) is 0 Å². The second-order valence-electron chi connectivity index (χ2n) is 4.16. The van der Waals surface area contributed by atoms with Crippen LogP contribution in [0.5, 0.6) is 0 Å². The van der Waals surface area contributed by atoms with Crippen molar-refractivity contribution in [2.24, 2.45) is 5.18 Å². The van der Waals surface area contributed by atoms with Crippen molar-refractivity contribution in [3.05, 3.63) is 58.5 Å². The zero-order valence-corrected chi connectivity index (χ0v) is 10.4. The minimum absolute atomic E-state index is 0.469. The Balaban J connectivity index is 2.09. The Morgan fingerprint density at radius 3 is 2.39 bits per heavy atom. The van der Waals surface area contributed by atoms with Crippen LogP contribution in [0.2, 0.25) is 0 Å². The van der Waals surface area contributed by atoms with E-state index in [1.807, 2.05) is 50.2 Å². The predicted octanol–water partition coefficient (Wildman–Crippen LogP) is 4.14. The summed E-state index contributed by atoms with van der Waals surface area (Å²) in [5.41, 5.74) is 10.6. The molecule has 2 aromatic rings. The number of nitroso groups, excluding NO2 is 1. The van der Waals surface area contributed by atoms with Crippen LogP contribution in [-0.2, 0) is 0 Å². The Kier molecular flexibility index (Phi) is 3.57. The van der Waals surface area contributed by atoms with Crippen LogP contribution >= 0.6 is 0 Å². The lowest BCUT2D eigenvalue weighted by atomic mass is 10.2. The molecule has 0 atom stereocenters. The molecule has 0 aliphatic rings. The third-order valence-corrected chi connectivity index (χ3v) is 2.78. The molecule has 0 fully saturated rings. The molecule has 0 aliphatic carbocycles. The molecule has 92 valence electrons. The number of rotatable bonds is 4. The number of benzene rings is 2. The number of hydrazine groups is 1. The maximum absolute atomic E-state index is 10.5. The van der Waals surface area contributed by atoms with Crippen molar-refractivity contribution in [1.29, 1.82) is 0 Å². The second-order valence-corrected chi connectivity index (χ2v) is 4.16. The van der Waals surface area contributed by atoms with Gasteiger partial charge in [0.1, 0.15) is 5.69 Å². The van der Waals surface area contributed by atoms with Gasteiger partial charge in [0.05, 0.1) is 11.4 Å². The molecule has 4 nitrogen and oxygen atoms in total. The molecule has 2 N–H and O–H groups in total. The Hall–Kier alpha value is -2.36. The van der Waals surface area contributed by atoms with Gasteiger partial charge in [-0.05, 0) is 54.4 Å². The maximum atomic E-state index is 10.5. The highest BCUT2D eigenvalue weighted by Gasteiger charge is 2.00. The Morgan fingerprint density at radius 1 is 0.944 bits per heavy atom. The summed E-state index contributed by atoms with van der Waals surface area (Å²) in [6, 6.07) is 13.4. The van der Waals surface area contributed by atoms with Crippen LogP contribution < -0.4 is 10.9 Å². The Labute approximate surface area is 106 Å². The topological polar surface area (TPSA) is 53.5 Å². The molecular formula is C14H15N3O. The fourth-order valence-corrected chi connectivity index (χ4v) is 1.69. The largest absolute Gasteiger partial charge is 0.301 e. The van der Waals surface area contributed by atoms with E-state index >= 15 is 0 Å². The van der Waals surface area contributed by atoms with E-state index in [0.717, 1.165) is 22.5 Å². The Bertz CT molecular complexity index is 567. The van der Waals surface area contributed by atoms with Crippen LogP contribution in [0.4, 0.5) is 17.1 Å². The van der Waals surface area contributed by atoms with E-state index in [1.54, 1.807) is 6.07 Å². The van der Waals surface area contributed by atoms with Gasteiger partial charge in [-0.25, -0.2) is 0 Å². The smallest absolute Gasteiger partial charge is 0.111 e. The number of hydrogen-bond donors (Lipinski definition) is 2. The SMILES string of the molecule is Cc1cc(NNc2ccccc2C)ccc1N=O. The lowest BCUT2D eigenvalue weighted by Crippen LogP contribution is -2.09. The molecule has 4 heteroatoms. The van der Waals surface area contributed by atoms with Gasteiger partial charge in [0.2, 0.25) is 0 Å². The fourth-order valence-electron chi connectivity index (χ4n) is 1.69. The first-order valence-electron chi connectivity index (χ1n) is 5.72. The third-order valence-electron chi connectivity index (χ3n) is 2.78. The van der Waals surface area contributed by atoms with Crippen LogP contribution in [0, 0.1) is 18.8 Å². The monoisotopic (exact) mass is 241 g/mol. The summed E-state index contributed by atoms with van der Waals surface area (Å²) >= 11 is 0. The summed E-state index contributed by atoms with van der Waals surface area (Å²) in [4.78, 5) is 10.5. The molecule has 18 heavy (non-hydrogen) atoms. The standard InChI is InChI=1S/C14H15N3O/c1-10-5-3-4-6-13(10)16-15-12-7-8-14(17-18)11(2)9-12/h3-9,15-16H,1-2H3. The highest BCUT2D eigenvalue weighted by Crippen LogP contribution is 2.22. The van der Waals surface area contributed by atoms with E-state index < -0.39 is 0 Å². The van der Waals surface area contributed by atoms with Gasteiger partial charge >= 0.3 is 0 Å². The van der Waals surface area contributed by atoms with Gasteiger partial charge < -0.3 is 10.9 Å². The molecule has 0 aromatic heterocycles. The normalized spacial score (nSPS) is 9.89. The number of para-hydroxylation sites is 1. The summed E-state index contributed by atoms with van der Waals surface area (Å²) in [6.07, 6.45) is 0. The maximum Gasteiger partial charge on any atom is 0.111 e. The molecular weight excluding hydrogens is 226 g/mol. The number of nitrogens with zero attached hydrogens (tertiary/aromatic N) is 1. The highest BCUT2D eigenvalue weighted by atomic mass is 16.3. The van der Waals surface area contributed by atoms with E-state index in [0.29, 0.717) is 5.69 Å². The molecule has 0 heterocycles. The molecule has 2 aromatic carbocycles. The van der Waals surface area contributed by atoms with Crippen molar-refractivity contribution in [2.75, 3.05) is 10.9 Å². The van der Waals surface area contributed by atoms with Crippen LogP contribution in [0.1, 0.15) is 11.1 Å². The zero-order chi connectivity index (χ0) is 13.0. The molecule has 2 rings (SSSR count). The minimum Gasteiger partial charge on any atom is -0.301 e. The first-order chi connectivity index (χ1) is 8.70. The van der Waals surface area contributed by atoms with E-state index in [4.69, 9.17) is 0 Å². The molecule has 0 aliphatic heterocycles.